The molecule has 2 saturated heterocycles. The topological polar surface area (TPSA) is 68.4 Å². The van der Waals surface area contributed by atoms with Gasteiger partial charge in [0.15, 0.2) is 5.82 Å². The van der Waals surface area contributed by atoms with Crippen LogP contribution in [0.2, 0.25) is 0 Å². The first-order chi connectivity index (χ1) is 8.79. The summed E-state index contributed by atoms with van der Waals surface area (Å²) in [6.07, 6.45) is 6.44. The van der Waals surface area contributed by atoms with Gasteiger partial charge in [0.05, 0.1) is 30.7 Å². The molecular formula is C13H18N2O3. The standard InChI is InChI=1S/C13H18N2O3/c16-10(7-1-2-7)6-12-14-13(15-18-12)9-5-8-3-4-11(9)17-8/h7-11,16H,1-6H2. The van der Waals surface area contributed by atoms with Crippen LogP contribution in [-0.2, 0) is 11.2 Å². The molecule has 3 fully saturated rings. The zero-order valence-electron chi connectivity index (χ0n) is 10.3. The van der Waals surface area contributed by atoms with Crippen LogP contribution in [0.5, 0.6) is 0 Å². The third-order valence-electron chi connectivity index (χ3n) is 4.47. The van der Waals surface area contributed by atoms with Crippen molar-refractivity contribution in [2.45, 2.75) is 62.8 Å². The number of nitrogens with zero attached hydrogens (tertiary/aromatic N) is 2. The first-order valence-corrected chi connectivity index (χ1v) is 6.95. The van der Waals surface area contributed by atoms with Crippen LogP contribution in [0.3, 0.4) is 0 Å². The predicted octanol–water partition coefficient (Wildman–Crippen LogP) is 1.42. The minimum absolute atomic E-state index is 0.286. The molecule has 0 radical (unpaired) electrons. The smallest absolute Gasteiger partial charge is 0.229 e. The highest BCUT2D eigenvalue weighted by molar-refractivity contribution is 5.07. The molecule has 4 rings (SSSR count). The van der Waals surface area contributed by atoms with E-state index in [1.165, 1.54) is 6.42 Å². The van der Waals surface area contributed by atoms with Gasteiger partial charge in [0.25, 0.3) is 0 Å². The summed E-state index contributed by atoms with van der Waals surface area (Å²) in [5.74, 6) is 2.11. The van der Waals surface area contributed by atoms with Crippen LogP contribution in [0.25, 0.3) is 0 Å². The fourth-order valence-corrected chi connectivity index (χ4v) is 3.24. The Labute approximate surface area is 106 Å². The van der Waals surface area contributed by atoms with Gasteiger partial charge in [-0.15, -0.1) is 0 Å². The van der Waals surface area contributed by atoms with Crippen LogP contribution < -0.4 is 0 Å². The lowest BCUT2D eigenvalue weighted by molar-refractivity contribution is 0.0996. The van der Waals surface area contributed by atoms with Gasteiger partial charge in [0.2, 0.25) is 5.89 Å². The Balaban J connectivity index is 1.45. The normalized spacial score (nSPS) is 36.2. The number of hydrogen-bond acceptors (Lipinski definition) is 5. The van der Waals surface area contributed by atoms with Crippen LogP contribution in [0.4, 0.5) is 0 Å². The van der Waals surface area contributed by atoms with Gasteiger partial charge in [-0.25, -0.2) is 0 Å². The fourth-order valence-electron chi connectivity index (χ4n) is 3.24. The number of ether oxygens (including phenoxy) is 1. The van der Waals surface area contributed by atoms with Crippen LogP contribution >= 0.6 is 0 Å². The minimum Gasteiger partial charge on any atom is -0.392 e. The van der Waals surface area contributed by atoms with Crippen molar-refractivity contribution in [3.05, 3.63) is 11.7 Å². The molecule has 4 unspecified atom stereocenters. The first-order valence-electron chi connectivity index (χ1n) is 6.95. The summed E-state index contributed by atoms with van der Waals surface area (Å²) >= 11 is 0. The summed E-state index contributed by atoms with van der Waals surface area (Å²) in [5, 5.41) is 13.9. The summed E-state index contributed by atoms with van der Waals surface area (Å²) in [6, 6.07) is 0. The molecule has 3 heterocycles. The molecule has 1 N–H and O–H groups in total. The maximum absolute atomic E-state index is 9.87. The molecule has 2 aliphatic heterocycles. The minimum atomic E-state index is -0.311. The van der Waals surface area contributed by atoms with E-state index in [2.05, 4.69) is 10.1 Å². The van der Waals surface area contributed by atoms with E-state index in [1.54, 1.807) is 0 Å². The van der Waals surface area contributed by atoms with Crippen molar-refractivity contribution in [2.24, 2.45) is 5.92 Å². The van der Waals surface area contributed by atoms with Crippen molar-refractivity contribution in [2.75, 3.05) is 0 Å². The second-order valence-electron chi connectivity index (χ2n) is 5.87. The van der Waals surface area contributed by atoms with Crippen molar-refractivity contribution in [1.82, 2.24) is 10.1 Å². The Hall–Kier alpha value is -0.940. The molecule has 2 bridgehead atoms. The molecule has 5 heteroatoms. The SMILES string of the molecule is OC(Cc1nc(C2CC3CCC2O3)no1)C1CC1. The van der Waals surface area contributed by atoms with E-state index in [9.17, 15) is 5.11 Å². The summed E-state index contributed by atoms with van der Waals surface area (Å²) in [6.45, 7) is 0. The molecular weight excluding hydrogens is 232 g/mol. The molecule has 5 nitrogen and oxygen atoms in total. The average Bonchev–Trinajstić information content (AvgIpc) is 2.81. The summed E-state index contributed by atoms with van der Waals surface area (Å²) in [4.78, 5) is 4.44. The van der Waals surface area contributed by atoms with Gasteiger partial charge in [-0.05, 0) is 38.0 Å². The van der Waals surface area contributed by atoms with Crippen molar-refractivity contribution in [3.63, 3.8) is 0 Å². The number of aliphatic hydroxyl groups is 1. The Morgan fingerprint density at radius 3 is 2.83 bits per heavy atom. The van der Waals surface area contributed by atoms with E-state index in [0.717, 1.165) is 31.5 Å². The second-order valence-corrected chi connectivity index (χ2v) is 5.87. The highest BCUT2D eigenvalue weighted by Crippen LogP contribution is 2.43. The summed E-state index contributed by atoms with van der Waals surface area (Å²) in [5.41, 5.74) is 0. The summed E-state index contributed by atoms with van der Waals surface area (Å²) in [7, 11) is 0. The van der Waals surface area contributed by atoms with Crippen molar-refractivity contribution >= 4 is 0 Å². The Morgan fingerprint density at radius 1 is 1.28 bits per heavy atom. The lowest BCUT2D eigenvalue weighted by Gasteiger charge is -2.13. The lowest BCUT2D eigenvalue weighted by Crippen LogP contribution is -2.16. The van der Waals surface area contributed by atoms with Crippen LogP contribution in [0.15, 0.2) is 4.52 Å². The molecule has 1 saturated carbocycles. The predicted molar refractivity (Wildman–Crippen MR) is 62.0 cm³/mol. The average molecular weight is 250 g/mol. The van der Waals surface area contributed by atoms with E-state index in [1.807, 2.05) is 0 Å². The molecule has 0 spiro atoms. The van der Waals surface area contributed by atoms with Gasteiger partial charge >= 0.3 is 0 Å². The van der Waals surface area contributed by atoms with E-state index >= 15 is 0 Å². The third-order valence-corrected chi connectivity index (χ3v) is 4.47. The van der Waals surface area contributed by atoms with E-state index < -0.39 is 0 Å². The van der Waals surface area contributed by atoms with Crippen molar-refractivity contribution in [3.8, 4) is 0 Å². The number of fused-ring (bicyclic) bond motifs is 2. The molecule has 0 aromatic carbocycles. The molecule has 98 valence electrons. The van der Waals surface area contributed by atoms with Crippen LogP contribution in [0.1, 0.15) is 49.7 Å². The van der Waals surface area contributed by atoms with Crippen LogP contribution in [0, 0.1) is 5.92 Å². The highest BCUT2D eigenvalue weighted by Gasteiger charge is 2.43. The quantitative estimate of drug-likeness (QED) is 0.875. The Kier molecular flexibility index (Phi) is 2.45. The molecule has 1 aromatic rings. The van der Waals surface area contributed by atoms with Crippen molar-refractivity contribution in [1.29, 1.82) is 0 Å². The van der Waals surface area contributed by atoms with E-state index in [4.69, 9.17) is 9.26 Å². The first kappa shape index (κ1) is 10.9. The molecule has 0 amide bonds. The zero-order chi connectivity index (χ0) is 12.1. The van der Waals surface area contributed by atoms with Gasteiger partial charge in [0.1, 0.15) is 0 Å². The molecule has 1 aliphatic carbocycles. The van der Waals surface area contributed by atoms with Gasteiger partial charge in [-0.1, -0.05) is 5.16 Å². The number of aliphatic hydroxyl groups excluding tert-OH is 1. The monoisotopic (exact) mass is 250 g/mol. The maximum Gasteiger partial charge on any atom is 0.229 e. The van der Waals surface area contributed by atoms with Gasteiger partial charge in [-0.3, -0.25) is 0 Å². The third kappa shape index (κ3) is 1.86. The Bertz CT molecular complexity index is 443. The van der Waals surface area contributed by atoms with E-state index in [-0.39, 0.29) is 12.2 Å². The largest absolute Gasteiger partial charge is 0.392 e. The maximum atomic E-state index is 9.87. The van der Waals surface area contributed by atoms with Gasteiger partial charge in [0, 0.05) is 0 Å². The molecule has 18 heavy (non-hydrogen) atoms. The summed E-state index contributed by atoms with van der Waals surface area (Å²) < 4.78 is 11.1. The van der Waals surface area contributed by atoms with Crippen molar-refractivity contribution < 1.29 is 14.4 Å². The fraction of sp³-hybridized carbons (Fsp3) is 0.846. The number of hydrogen-bond donors (Lipinski definition) is 1. The van der Waals surface area contributed by atoms with E-state index in [0.29, 0.717) is 30.3 Å². The lowest BCUT2D eigenvalue weighted by atomic mass is 9.89. The second kappa shape index (κ2) is 4.03. The van der Waals surface area contributed by atoms with Gasteiger partial charge < -0.3 is 14.4 Å². The number of rotatable bonds is 4. The molecule has 3 aliphatic rings. The van der Waals surface area contributed by atoms with Crippen LogP contribution in [-0.4, -0.2) is 33.6 Å². The number of aromatic nitrogens is 2. The van der Waals surface area contributed by atoms with Gasteiger partial charge in [-0.2, -0.15) is 4.98 Å². The zero-order valence-corrected chi connectivity index (χ0v) is 10.3. The molecule has 4 atom stereocenters. The highest BCUT2D eigenvalue weighted by atomic mass is 16.5. The Morgan fingerprint density at radius 2 is 2.17 bits per heavy atom. The molecule has 1 aromatic heterocycles.